The maximum Gasteiger partial charge on any atom is 0.218 e. The molecule has 152 valence electrons. The Morgan fingerprint density at radius 1 is 0.731 bits per heavy atom. The van der Waals surface area contributed by atoms with E-state index in [9.17, 15) is 18.0 Å². The summed E-state index contributed by atoms with van der Waals surface area (Å²) in [6, 6.07) is -1.11. The molecule has 0 unspecified atom stereocenters. The minimum Gasteiger partial charge on any atom is -0.291 e. The number of rotatable bonds is 20. The number of hydrogen-bond donors (Lipinski definition) is 1. The molecular formula is C20H37NO4S. The Hall–Kier alpha value is -0.750. The second kappa shape index (κ2) is 17.7. The first-order valence-electron chi connectivity index (χ1n) is 10.3. The van der Waals surface area contributed by atoms with E-state index in [1.807, 2.05) is 0 Å². The molecule has 0 aromatic heterocycles. The molecule has 0 aliphatic heterocycles. The van der Waals surface area contributed by atoms with E-state index in [-0.39, 0.29) is 12.2 Å². The predicted octanol–water partition coefficient (Wildman–Crippen LogP) is 4.37. The van der Waals surface area contributed by atoms with Crippen LogP contribution in [-0.4, -0.2) is 32.8 Å². The Balaban J connectivity index is 3.44. The van der Waals surface area contributed by atoms with Crippen molar-refractivity contribution in [3.63, 3.8) is 0 Å². The molecule has 0 aliphatic rings. The molecule has 0 fully saturated rings. The predicted molar refractivity (Wildman–Crippen MR) is 107 cm³/mol. The number of unbranched alkanes of at least 4 members (excludes halogenated alkanes) is 13. The molecule has 0 saturated carbocycles. The summed E-state index contributed by atoms with van der Waals surface area (Å²) in [5, 5.41) is 0. The fourth-order valence-corrected chi connectivity index (χ4v) is 4.22. The van der Waals surface area contributed by atoms with Gasteiger partial charge in [0.15, 0.2) is 0 Å². The van der Waals surface area contributed by atoms with E-state index in [1.54, 1.807) is 0 Å². The van der Waals surface area contributed by atoms with E-state index >= 15 is 0 Å². The molecular weight excluding hydrogens is 350 g/mol. The summed E-state index contributed by atoms with van der Waals surface area (Å²) in [7, 11) is -3.52. The van der Waals surface area contributed by atoms with Gasteiger partial charge in [-0.1, -0.05) is 90.4 Å². The minimum atomic E-state index is -3.52. The lowest BCUT2D eigenvalue weighted by atomic mass is 10.0. The summed E-state index contributed by atoms with van der Waals surface area (Å²) >= 11 is 0. The van der Waals surface area contributed by atoms with E-state index in [4.69, 9.17) is 0 Å². The highest BCUT2D eigenvalue weighted by molar-refractivity contribution is 7.89. The van der Waals surface area contributed by atoms with Crippen molar-refractivity contribution in [2.24, 2.45) is 0 Å². The van der Waals surface area contributed by atoms with Crippen LogP contribution in [0.1, 0.15) is 103 Å². The lowest BCUT2D eigenvalue weighted by Gasteiger charge is -2.09. The van der Waals surface area contributed by atoms with Crippen LogP contribution in [0.15, 0.2) is 0 Å². The molecule has 0 aromatic rings. The van der Waals surface area contributed by atoms with Crippen LogP contribution in [0, 0.1) is 0 Å². The van der Waals surface area contributed by atoms with Gasteiger partial charge >= 0.3 is 0 Å². The molecule has 1 N–H and O–H groups in total. The molecule has 2 radical (unpaired) electrons. The van der Waals surface area contributed by atoms with Gasteiger partial charge < -0.3 is 0 Å². The van der Waals surface area contributed by atoms with Crippen molar-refractivity contribution >= 4 is 22.6 Å². The summed E-state index contributed by atoms with van der Waals surface area (Å²) in [6.07, 6.45) is 19.7. The summed E-state index contributed by atoms with van der Waals surface area (Å²) in [5.41, 5.74) is 0. The van der Waals surface area contributed by atoms with E-state index in [0.29, 0.717) is 6.42 Å². The molecule has 0 amide bonds. The first-order chi connectivity index (χ1) is 12.6. The van der Waals surface area contributed by atoms with E-state index in [2.05, 4.69) is 11.6 Å². The molecule has 0 aromatic carbocycles. The highest BCUT2D eigenvalue weighted by Crippen LogP contribution is 2.13. The second-order valence-electron chi connectivity index (χ2n) is 7.05. The molecule has 0 spiro atoms. The Morgan fingerprint density at radius 3 is 1.54 bits per heavy atom. The fraction of sp³-hybridized carbons (Fsp3) is 0.900. The number of carbonyl (C=O) groups excluding carboxylic acids is 2. The zero-order valence-electron chi connectivity index (χ0n) is 16.4. The van der Waals surface area contributed by atoms with Gasteiger partial charge in [0.2, 0.25) is 22.6 Å². The van der Waals surface area contributed by atoms with Crippen molar-refractivity contribution in [2.75, 3.05) is 5.75 Å². The molecule has 1 atom stereocenters. The third kappa shape index (κ3) is 16.7. The molecule has 0 aliphatic carbocycles. The lowest BCUT2D eigenvalue weighted by molar-refractivity contribution is 0.516. The second-order valence-corrected chi connectivity index (χ2v) is 8.93. The monoisotopic (exact) mass is 387 g/mol. The molecule has 26 heavy (non-hydrogen) atoms. The molecule has 0 rings (SSSR count). The van der Waals surface area contributed by atoms with Crippen molar-refractivity contribution in [2.45, 2.75) is 109 Å². The molecule has 6 heteroatoms. The smallest absolute Gasteiger partial charge is 0.218 e. The van der Waals surface area contributed by atoms with Gasteiger partial charge in [0, 0.05) is 6.42 Å². The van der Waals surface area contributed by atoms with Gasteiger partial charge in [-0.25, -0.2) is 13.1 Å². The van der Waals surface area contributed by atoms with Gasteiger partial charge in [0.05, 0.1) is 11.8 Å². The van der Waals surface area contributed by atoms with Crippen molar-refractivity contribution in [3.8, 4) is 0 Å². The minimum absolute atomic E-state index is 0.0118. The van der Waals surface area contributed by atoms with Crippen LogP contribution in [0.3, 0.4) is 0 Å². The van der Waals surface area contributed by atoms with Crippen LogP contribution in [0.5, 0.6) is 0 Å². The molecule has 0 heterocycles. The van der Waals surface area contributed by atoms with Crippen LogP contribution < -0.4 is 4.72 Å². The van der Waals surface area contributed by atoms with Crippen LogP contribution in [0.2, 0.25) is 0 Å². The van der Waals surface area contributed by atoms with Crippen LogP contribution in [0.25, 0.3) is 0 Å². The van der Waals surface area contributed by atoms with Gasteiger partial charge in [-0.2, -0.15) is 0 Å². The van der Waals surface area contributed by atoms with Gasteiger partial charge in [-0.05, 0) is 6.42 Å². The first-order valence-corrected chi connectivity index (χ1v) is 11.9. The highest BCUT2D eigenvalue weighted by atomic mass is 32.2. The highest BCUT2D eigenvalue weighted by Gasteiger charge is 2.17. The van der Waals surface area contributed by atoms with E-state index in [0.717, 1.165) is 19.3 Å². The first kappa shape index (κ1) is 25.2. The van der Waals surface area contributed by atoms with Gasteiger partial charge in [-0.3, -0.25) is 9.59 Å². The van der Waals surface area contributed by atoms with Gasteiger partial charge in [0.25, 0.3) is 0 Å². The average molecular weight is 388 g/mol. The third-order valence-electron chi connectivity index (χ3n) is 4.52. The summed E-state index contributed by atoms with van der Waals surface area (Å²) in [5.74, 6) is -0.0118. The largest absolute Gasteiger partial charge is 0.291 e. The number of nitrogens with one attached hydrogen (secondary N) is 1. The topological polar surface area (TPSA) is 80.3 Å². The summed E-state index contributed by atoms with van der Waals surface area (Å²) in [6.45, 7) is 2.24. The Morgan fingerprint density at radius 2 is 1.15 bits per heavy atom. The summed E-state index contributed by atoms with van der Waals surface area (Å²) < 4.78 is 25.7. The number of hydrogen-bond acceptors (Lipinski definition) is 4. The quantitative estimate of drug-likeness (QED) is 0.315. The van der Waals surface area contributed by atoms with Crippen molar-refractivity contribution < 1.29 is 18.0 Å². The third-order valence-corrected chi connectivity index (χ3v) is 5.99. The lowest BCUT2D eigenvalue weighted by Crippen LogP contribution is -2.37. The Kier molecular flexibility index (Phi) is 17.1. The average Bonchev–Trinajstić information content (AvgIpc) is 2.61. The van der Waals surface area contributed by atoms with Gasteiger partial charge in [-0.15, -0.1) is 0 Å². The van der Waals surface area contributed by atoms with Crippen LogP contribution >= 0.6 is 0 Å². The van der Waals surface area contributed by atoms with Crippen molar-refractivity contribution in [3.05, 3.63) is 0 Å². The Bertz CT molecular complexity index is 437. The van der Waals surface area contributed by atoms with Crippen LogP contribution in [-0.2, 0) is 19.6 Å². The van der Waals surface area contributed by atoms with Gasteiger partial charge in [0.1, 0.15) is 0 Å². The maximum absolute atomic E-state index is 11.8. The SMILES string of the molecule is CCCCCCCCCCCCCCCCS(=O)(=O)N[C@H]([C]=O)C[C]=O. The zero-order chi connectivity index (χ0) is 19.5. The Labute approximate surface area is 160 Å². The zero-order valence-corrected chi connectivity index (χ0v) is 17.2. The van der Waals surface area contributed by atoms with E-state index < -0.39 is 16.1 Å². The maximum atomic E-state index is 11.8. The standard InChI is InChI=1S/C20H37NO4S/c1-2-3-4-5-6-7-8-9-10-11-12-13-14-15-18-26(24,25)21-20(19-23)16-17-22/h20-21H,2-16,18H2,1H3/t20-/m0/s1. The fourth-order valence-electron chi connectivity index (χ4n) is 2.95. The number of sulfonamides is 1. The molecule has 0 saturated heterocycles. The van der Waals surface area contributed by atoms with E-state index in [1.165, 1.54) is 76.8 Å². The summed E-state index contributed by atoms with van der Waals surface area (Å²) in [4.78, 5) is 20.8. The van der Waals surface area contributed by atoms with Crippen molar-refractivity contribution in [1.82, 2.24) is 4.72 Å². The normalized spacial score (nSPS) is 12.8. The molecule has 0 bridgehead atoms. The molecule has 5 nitrogen and oxygen atoms in total. The van der Waals surface area contributed by atoms with Crippen LogP contribution in [0.4, 0.5) is 0 Å². The van der Waals surface area contributed by atoms with Crippen molar-refractivity contribution in [1.29, 1.82) is 0 Å².